The molecule has 1 aromatic carbocycles. The molecule has 0 unspecified atom stereocenters. The number of carboxylic acids is 1. The highest BCUT2D eigenvalue weighted by Gasteiger charge is 2.25. The molecule has 0 heterocycles. The summed E-state index contributed by atoms with van der Waals surface area (Å²) in [5.74, 6) is -1.25. The molecule has 0 spiro atoms. The zero-order valence-corrected chi connectivity index (χ0v) is 24.7. The van der Waals surface area contributed by atoms with Gasteiger partial charge in [-0.15, -0.1) is 0 Å². The van der Waals surface area contributed by atoms with E-state index in [4.69, 9.17) is 5.73 Å². The van der Waals surface area contributed by atoms with Crippen molar-refractivity contribution in [2.24, 2.45) is 5.73 Å². The number of hydrogen-bond donors (Lipinski definition) is 4. The molecule has 0 radical (unpaired) electrons. The Balaban J connectivity index is 2.21. The third kappa shape index (κ3) is 19.5. The third-order valence-electron chi connectivity index (χ3n) is 7.24. The van der Waals surface area contributed by atoms with Crippen LogP contribution in [0.4, 0.5) is 0 Å². The van der Waals surface area contributed by atoms with E-state index in [0.29, 0.717) is 13.0 Å². The first-order valence-corrected chi connectivity index (χ1v) is 15.7. The molecule has 39 heavy (non-hydrogen) atoms. The topological polar surface area (TPSA) is 104 Å². The fourth-order valence-electron chi connectivity index (χ4n) is 4.79. The fraction of sp³-hybridized carbons (Fsp3) is 0.697. The average Bonchev–Trinajstić information content (AvgIpc) is 2.93. The van der Waals surface area contributed by atoms with Crippen LogP contribution in [0.3, 0.4) is 0 Å². The van der Waals surface area contributed by atoms with Crippen LogP contribution >= 0.6 is 0 Å². The molecule has 0 aliphatic rings. The van der Waals surface area contributed by atoms with E-state index >= 15 is 0 Å². The van der Waals surface area contributed by atoms with Crippen LogP contribution in [0.1, 0.15) is 122 Å². The molecule has 0 saturated carbocycles. The lowest BCUT2D eigenvalue weighted by Gasteiger charge is -2.22. The molecule has 0 aromatic heterocycles. The van der Waals surface area contributed by atoms with Gasteiger partial charge in [0.2, 0.25) is 5.91 Å². The van der Waals surface area contributed by atoms with Gasteiger partial charge in [0.05, 0.1) is 6.04 Å². The molecule has 1 rings (SSSR count). The molecule has 0 saturated heterocycles. The normalized spacial score (nSPS) is 13.0. The van der Waals surface area contributed by atoms with Crippen LogP contribution in [0.15, 0.2) is 42.5 Å². The molecule has 6 nitrogen and oxygen atoms in total. The molecule has 0 bridgehead atoms. The van der Waals surface area contributed by atoms with Crippen molar-refractivity contribution in [3.05, 3.63) is 48.0 Å². The number of benzene rings is 1. The minimum Gasteiger partial charge on any atom is -0.480 e. The van der Waals surface area contributed by atoms with Crippen molar-refractivity contribution in [3.8, 4) is 0 Å². The Morgan fingerprint density at radius 3 is 1.97 bits per heavy atom. The molecular formula is C33H57N3O3. The van der Waals surface area contributed by atoms with Crippen molar-refractivity contribution in [1.82, 2.24) is 10.6 Å². The van der Waals surface area contributed by atoms with Gasteiger partial charge in [-0.1, -0.05) is 114 Å². The number of carbonyl (C=O) groups is 2. The summed E-state index contributed by atoms with van der Waals surface area (Å²) < 4.78 is 0. The Kier molecular flexibility index (Phi) is 22.2. The minimum atomic E-state index is -1.01. The minimum absolute atomic E-state index is 0.236. The number of amides is 1. The van der Waals surface area contributed by atoms with E-state index in [1.165, 1.54) is 77.0 Å². The van der Waals surface area contributed by atoms with Crippen molar-refractivity contribution in [1.29, 1.82) is 0 Å². The number of rotatable bonds is 26. The van der Waals surface area contributed by atoms with Crippen LogP contribution in [0.2, 0.25) is 0 Å². The van der Waals surface area contributed by atoms with Gasteiger partial charge in [0.15, 0.2) is 0 Å². The second-order valence-electron chi connectivity index (χ2n) is 10.8. The van der Waals surface area contributed by atoms with Crippen molar-refractivity contribution >= 4 is 11.9 Å². The maximum absolute atomic E-state index is 13.0. The second kappa shape index (κ2) is 24.8. The Bertz CT molecular complexity index is 754. The van der Waals surface area contributed by atoms with E-state index in [9.17, 15) is 14.7 Å². The Morgan fingerprint density at radius 2 is 1.38 bits per heavy atom. The van der Waals surface area contributed by atoms with Gasteiger partial charge in [0.25, 0.3) is 0 Å². The quantitative estimate of drug-likeness (QED) is 0.0750. The highest BCUT2D eigenvalue weighted by atomic mass is 16.4. The standard InChI is InChI=1S/C33H57N3O3/c1-2-3-4-5-6-7-8-9-10-11-12-13-14-15-16-22-27-35-30(25-20-21-26-34)32(37)36-31(33(38)39)28-29-23-18-17-19-24-29/h9-10,17-19,23-24,30-31,35H,2-8,11-16,20-22,25-28,34H2,1H3,(H,36,37)(H,38,39)/b10-9+/t30-,31-/m0/s1. The summed E-state index contributed by atoms with van der Waals surface area (Å²) in [6.45, 7) is 3.62. The largest absolute Gasteiger partial charge is 0.480 e. The predicted octanol–water partition coefficient (Wildman–Crippen LogP) is 6.92. The molecule has 5 N–H and O–H groups in total. The van der Waals surface area contributed by atoms with E-state index in [-0.39, 0.29) is 12.3 Å². The Morgan fingerprint density at radius 1 is 0.795 bits per heavy atom. The smallest absolute Gasteiger partial charge is 0.326 e. The van der Waals surface area contributed by atoms with Gasteiger partial charge in [-0.05, 0) is 63.6 Å². The number of nitrogens with one attached hydrogen (secondary N) is 2. The molecule has 6 heteroatoms. The molecule has 0 fully saturated rings. The zero-order chi connectivity index (χ0) is 28.4. The van der Waals surface area contributed by atoms with Crippen molar-refractivity contribution in [3.63, 3.8) is 0 Å². The first kappa shape index (κ1) is 34.8. The molecular weight excluding hydrogens is 486 g/mol. The molecule has 1 aromatic rings. The van der Waals surface area contributed by atoms with Crippen LogP contribution in [0.25, 0.3) is 0 Å². The van der Waals surface area contributed by atoms with Crippen molar-refractivity contribution < 1.29 is 14.7 Å². The van der Waals surface area contributed by atoms with Gasteiger partial charge in [-0.25, -0.2) is 4.79 Å². The summed E-state index contributed by atoms with van der Waals surface area (Å²) in [5, 5.41) is 15.8. The SMILES string of the molecule is CCCCCCCC/C=C/CCCCCCCCN[C@@H](CCCCN)C(=O)N[C@@H](Cc1ccccc1)C(=O)O. The molecule has 1 amide bonds. The first-order valence-electron chi connectivity index (χ1n) is 15.7. The molecule has 2 atom stereocenters. The van der Waals surface area contributed by atoms with Crippen molar-refractivity contribution in [2.75, 3.05) is 13.1 Å². The van der Waals surface area contributed by atoms with Gasteiger partial charge in [0, 0.05) is 6.42 Å². The lowest BCUT2D eigenvalue weighted by atomic mass is 10.0. The Labute approximate surface area is 238 Å². The maximum atomic E-state index is 13.0. The summed E-state index contributed by atoms with van der Waals surface area (Å²) in [7, 11) is 0. The van der Waals surface area contributed by atoms with Gasteiger partial charge in [-0.3, -0.25) is 4.79 Å². The summed E-state index contributed by atoms with van der Waals surface area (Å²) in [6.07, 6.45) is 25.1. The number of nitrogens with two attached hydrogens (primary N) is 1. The fourth-order valence-corrected chi connectivity index (χ4v) is 4.79. The lowest BCUT2D eigenvalue weighted by Crippen LogP contribution is -2.51. The second-order valence-corrected chi connectivity index (χ2v) is 10.8. The van der Waals surface area contributed by atoms with E-state index in [1.54, 1.807) is 0 Å². The predicted molar refractivity (Wildman–Crippen MR) is 164 cm³/mol. The van der Waals surface area contributed by atoms with Crippen molar-refractivity contribution in [2.45, 2.75) is 135 Å². The van der Waals surface area contributed by atoms with Gasteiger partial charge >= 0.3 is 5.97 Å². The third-order valence-corrected chi connectivity index (χ3v) is 7.24. The monoisotopic (exact) mass is 543 g/mol. The van der Waals surface area contributed by atoms with Gasteiger partial charge in [-0.2, -0.15) is 0 Å². The van der Waals surface area contributed by atoms with E-state index < -0.39 is 18.1 Å². The van der Waals surface area contributed by atoms with Crippen LogP contribution in [-0.4, -0.2) is 42.2 Å². The maximum Gasteiger partial charge on any atom is 0.326 e. The van der Waals surface area contributed by atoms with Crippen LogP contribution in [0.5, 0.6) is 0 Å². The molecule has 0 aliphatic heterocycles. The summed E-state index contributed by atoms with van der Waals surface area (Å²) in [6, 6.07) is 8.08. The van der Waals surface area contributed by atoms with Gasteiger partial charge < -0.3 is 21.5 Å². The van der Waals surface area contributed by atoms with Crippen LogP contribution < -0.4 is 16.4 Å². The summed E-state index contributed by atoms with van der Waals surface area (Å²) in [4.78, 5) is 24.8. The number of unbranched alkanes of at least 4 members (excludes halogenated alkanes) is 13. The summed E-state index contributed by atoms with van der Waals surface area (Å²) >= 11 is 0. The number of allylic oxidation sites excluding steroid dienone is 2. The average molecular weight is 544 g/mol. The highest BCUT2D eigenvalue weighted by molar-refractivity contribution is 5.87. The number of aliphatic carboxylic acids is 1. The summed E-state index contributed by atoms with van der Waals surface area (Å²) in [5.41, 5.74) is 6.53. The number of carbonyl (C=O) groups excluding carboxylic acids is 1. The Hall–Kier alpha value is -2.18. The van der Waals surface area contributed by atoms with Crippen LogP contribution in [-0.2, 0) is 16.0 Å². The van der Waals surface area contributed by atoms with E-state index in [0.717, 1.165) is 37.8 Å². The lowest BCUT2D eigenvalue weighted by molar-refractivity contribution is -0.142. The first-order chi connectivity index (χ1) is 19.1. The number of carboxylic acid groups (broad SMARTS) is 1. The zero-order valence-electron chi connectivity index (χ0n) is 24.7. The highest BCUT2D eigenvalue weighted by Crippen LogP contribution is 2.11. The van der Waals surface area contributed by atoms with E-state index in [2.05, 4.69) is 29.7 Å². The molecule has 0 aliphatic carbocycles. The number of hydrogen-bond acceptors (Lipinski definition) is 4. The van der Waals surface area contributed by atoms with Crippen LogP contribution in [0, 0.1) is 0 Å². The van der Waals surface area contributed by atoms with E-state index in [1.807, 2.05) is 30.3 Å². The molecule has 222 valence electrons. The van der Waals surface area contributed by atoms with Gasteiger partial charge in [0.1, 0.15) is 6.04 Å².